The van der Waals surface area contributed by atoms with Gasteiger partial charge in [-0.05, 0) is 18.8 Å². The number of nitrogens with one attached hydrogen (secondary N) is 2. The van der Waals surface area contributed by atoms with E-state index in [-0.39, 0.29) is 12.0 Å². The number of rotatable bonds is 7. The second-order valence-electron chi connectivity index (χ2n) is 5.62. The maximum absolute atomic E-state index is 11.5. The summed E-state index contributed by atoms with van der Waals surface area (Å²) in [5, 5.41) is 23.4. The van der Waals surface area contributed by atoms with E-state index in [2.05, 4.69) is 10.6 Å². The van der Waals surface area contributed by atoms with Crippen LogP contribution in [0.1, 0.15) is 40.5 Å². The first-order valence-electron chi connectivity index (χ1n) is 6.04. The highest BCUT2D eigenvalue weighted by Crippen LogP contribution is 2.17. The lowest BCUT2D eigenvalue weighted by atomic mass is 9.90. The summed E-state index contributed by atoms with van der Waals surface area (Å²) in [6, 6.07) is -0.401. The van der Waals surface area contributed by atoms with Gasteiger partial charge in [-0.2, -0.15) is 0 Å². The van der Waals surface area contributed by atoms with Crippen molar-refractivity contribution in [2.24, 2.45) is 5.41 Å². The van der Waals surface area contributed by atoms with Crippen LogP contribution in [0.3, 0.4) is 0 Å². The van der Waals surface area contributed by atoms with Crippen LogP contribution in [0, 0.1) is 5.41 Å². The molecule has 0 aliphatic rings. The molecule has 6 nitrogen and oxygen atoms in total. The van der Waals surface area contributed by atoms with Crippen molar-refractivity contribution < 1.29 is 19.8 Å². The number of amides is 2. The van der Waals surface area contributed by atoms with Crippen LogP contribution in [0.15, 0.2) is 0 Å². The number of hydrogen-bond acceptors (Lipinski definition) is 3. The molecule has 2 amide bonds. The zero-order valence-electron chi connectivity index (χ0n) is 11.5. The largest absolute Gasteiger partial charge is 0.481 e. The standard InChI is InChI=1S/C12H24N2O4/c1-5-11(2,3)7-13-10(17)14-8-12(4,18)6-9(15)16/h18H,5-8H2,1-4H3,(H,15,16)(H2,13,14,17). The molecule has 0 spiro atoms. The van der Waals surface area contributed by atoms with Gasteiger partial charge in [-0.25, -0.2) is 4.79 Å². The monoisotopic (exact) mass is 260 g/mol. The molecule has 18 heavy (non-hydrogen) atoms. The van der Waals surface area contributed by atoms with Crippen LogP contribution in [0.25, 0.3) is 0 Å². The summed E-state index contributed by atoms with van der Waals surface area (Å²) in [6.45, 7) is 7.91. The second-order valence-corrected chi connectivity index (χ2v) is 5.62. The van der Waals surface area contributed by atoms with Gasteiger partial charge in [-0.15, -0.1) is 0 Å². The van der Waals surface area contributed by atoms with E-state index in [1.54, 1.807) is 0 Å². The van der Waals surface area contributed by atoms with Crippen LogP contribution >= 0.6 is 0 Å². The Morgan fingerprint density at radius 1 is 1.11 bits per heavy atom. The number of carboxylic acids is 1. The fourth-order valence-electron chi connectivity index (χ4n) is 1.17. The van der Waals surface area contributed by atoms with Crippen molar-refractivity contribution in [3.05, 3.63) is 0 Å². The predicted molar refractivity (Wildman–Crippen MR) is 68.4 cm³/mol. The minimum absolute atomic E-state index is 0.0148. The molecule has 0 aromatic heterocycles. The smallest absolute Gasteiger partial charge is 0.314 e. The van der Waals surface area contributed by atoms with Gasteiger partial charge in [0.2, 0.25) is 0 Å². The summed E-state index contributed by atoms with van der Waals surface area (Å²) < 4.78 is 0. The van der Waals surface area contributed by atoms with Crippen molar-refractivity contribution in [1.29, 1.82) is 0 Å². The molecule has 1 atom stereocenters. The molecule has 0 heterocycles. The van der Waals surface area contributed by atoms with Gasteiger partial charge in [0.1, 0.15) is 0 Å². The van der Waals surface area contributed by atoms with Gasteiger partial charge >= 0.3 is 12.0 Å². The van der Waals surface area contributed by atoms with Crippen molar-refractivity contribution >= 4 is 12.0 Å². The normalized spacial score (nSPS) is 14.7. The van der Waals surface area contributed by atoms with Gasteiger partial charge in [0, 0.05) is 13.1 Å². The summed E-state index contributed by atoms with van der Waals surface area (Å²) in [7, 11) is 0. The second kappa shape index (κ2) is 6.58. The topological polar surface area (TPSA) is 98.7 Å². The first-order chi connectivity index (χ1) is 8.08. The summed E-state index contributed by atoms with van der Waals surface area (Å²) >= 11 is 0. The number of carbonyl (C=O) groups excluding carboxylic acids is 1. The fourth-order valence-corrected chi connectivity index (χ4v) is 1.17. The number of aliphatic carboxylic acids is 1. The van der Waals surface area contributed by atoms with Crippen LogP contribution in [0.2, 0.25) is 0 Å². The molecule has 0 aromatic rings. The average molecular weight is 260 g/mol. The Balaban J connectivity index is 4.00. The van der Waals surface area contributed by atoms with Gasteiger partial charge < -0.3 is 20.8 Å². The van der Waals surface area contributed by atoms with Gasteiger partial charge in [-0.3, -0.25) is 4.79 Å². The van der Waals surface area contributed by atoms with Crippen LogP contribution in [0.4, 0.5) is 4.79 Å². The SMILES string of the molecule is CCC(C)(C)CNC(=O)NCC(C)(O)CC(=O)O. The third-order valence-electron chi connectivity index (χ3n) is 2.85. The Morgan fingerprint density at radius 3 is 2.06 bits per heavy atom. The Morgan fingerprint density at radius 2 is 1.61 bits per heavy atom. The molecule has 0 fully saturated rings. The molecule has 0 aromatic carbocycles. The van der Waals surface area contributed by atoms with Crippen LogP contribution in [-0.4, -0.2) is 40.9 Å². The molecule has 0 aliphatic heterocycles. The van der Waals surface area contributed by atoms with Gasteiger partial charge in [0.25, 0.3) is 0 Å². The summed E-state index contributed by atoms with van der Waals surface area (Å²) in [6.07, 6.45) is 0.526. The first-order valence-corrected chi connectivity index (χ1v) is 6.04. The first kappa shape index (κ1) is 16.7. The Labute approximate surface area is 108 Å². The van der Waals surface area contributed by atoms with E-state index in [1.165, 1.54) is 6.92 Å². The Bertz CT molecular complexity index is 300. The maximum Gasteiger partial charge on any atom is 0.314 e. The van der Waals surface area contributed by atoms with Gasteiger partial charge in [-0.1, -0.05) is 20.8 Å². The molecule has 0 rings (SSSR count). The molecule has 0 bridgehead atoms. The molecular weight excluding hydrogens is 236 g/mol. The number of aliphatic hydroxyl groups is 1. The maximum atomic E-state index is 11.5. The highest BCUT2D eigenvalue weighted by Gasteiger charge is 2.25. The third-order valence-corrected chi connectivity index (χ3v) is 2.85. The molecule has 1 unspecified atom stereocenters. The van der Waals surface area contributed by atoms with Crippen molar-refractivity contribution in [3.63, 3.8) is 0 Å². The minimum Gasteiger partial charge on any atom is -0.481 e. The number of carboxylic acid groups (broad SMARTS) is 1. The lowest BCUT2D eigenvalue weighted by molar-refractivity contribution is -0.141. The van der Waals surface area contributed by atoms with Crippen molar-refractivity contribution in [1.82, 2.24) is 10.6 Å². The molecule has 0 aliphatic carbocycles. The van der Waals surface area contributed by atoms with Crippen LogP contribution in [0.5, 0.6) is 0 Å². The number of hydrogen-bond donors (Lipinski definition) is 4. The average Bonchev–Trinajstić information content (AvgIpc) is 2.22. The van der Waals surface area contributed by atoms with E-state index in [0.717, 1.165) is 6.42 Å². The fraction of sp³-hybridized carbons (Fsp3) is 0.833. The summed E-state index contributed by atoms with van der Waals surface area (Å²) in [4.78, 5) is 21.9. The van der Waals surface area contributed by atoms with E-state index < -0.39 is 24.0 Å². The summed E-state index contributed by atoms with van der Waals surface area (Å²) in [5.74, 6) is -1.10. The lowest BCUT2D eigenvalue weighted by Crippen LogP contribution is -2.47. The van der Waals surface area contributed by atoms with E-state index in [9.17, 15) is 14.7 Å². The Hall–Kier alpha value is -1.30. The van der Waals surface area contributed by atoms with Crippen molar-refractivity contribution in [2.75, 3.05) is 13.1 Å². The molecule has 0 saturated heterocycles. The van der Waals surface area contributed by atoms with E-state index >= 15 is 0 Å². The highest BCUT2D eigenvalue weighted by atomic mass is 16.4. The van der Waals surface area contributed by atoms with E-state index in [1.807, 2.05) is 20.8 Å². The molecule has 4 N–H and O–H groups in total. The third kappa shape index (κ3) is 7.89. The number of carbonyl (C=O) groups is 2. The predicted octanol–water partition coefficient (Wildman–Crippen LogP) is 0.948. The lowest BCUT2D eigenvalue weighted by Gasteiger charge is -2.25. The van der Waals surface area contributed by atoms with Crippen LogP contribution < -0.4 is 10.6 Å². The molecular formula is C12H24N2O4. The molecule has 0 saturated carbocycles. The minimum atomic E-state index is -1.44. The molecule has 106 valence electrons. The van der Waals surface area contributed by atoms with Crippen LogP contribution in [-0.2, 0) is 4.79 Å². The molecule has 0 radical (unpaired) electrons. The van der Waals surface area contributed by atoms with Gasteiger partial charge in [0.15, 0.2) is 0 Å². The van der Waals surface area contributed by atoms with Crippen molar-refractivity contribution in [2.45, 2.75) is 46.1 Å². The van der Waals surface area contributed by atoms with E-state index in [0.29, 0.717) is 6.54 Å². The number of urea groups is 1. The zero-order valence-corrected chi connectivity index (χ0v) is 11.5. The van der Waals surface area contributed by atoms with E-state index in [4.69, 9.17) is 5.11 Å². The molecule has 6 heteroatoms. The van der Waals surface area contributed by atoms with Gasteiger partial charge in [0.05, 0.1) is 12.0 Å². The zero-order chi connectivity index (χ0) is 14.4. The Kier molecular flexibility index (Phi) is 6.11. The highest BCUT2D eigenvalue weighted by molar-refractivity contribution is 5.74. The van der Waals surface area contributed by atoms with Crippen molar-refractivity contribution in [3.8, 4) is 0 Å². The summed E-state index contributed by atoms with van der Waals surface area (Å²) in [5.41, 5.74) is -1.43. The quantitative estimate of drug-likeness (QED) is 0.547.